The van der Waals surface area contributed by atoms with Gasteiger partial charge in [-0.2, -0.15) is 0 Å². The maximum Gasteiger partial charge on any atom is 0.191 e. The molecule has 0 radical (unpaired) electrons. The summed E-state index contributed by atoms with van der Waals surface area (Å²) in [7, 11) is -1.58. The van der Waals surface area contributed by atoms with Gasteiger partial charge in [0, 0.05) is 13.2 Å². The molecule has 0 aliphatic heterocycles. The third-order valence-corrected chi connectivity index (χ3v) is 8.74. The molecule has 0 aromatic carbocycles. The maximum absolute atomic E-state index is 8.98. The molecule has 2 nitrogen and oxygen atoms in total. The first-order chi connectivity index (χ1) is 8.10. The van der Waals surface area contributed by atoms with Gasteiger partial charge < -0.3 is 9.53 Å². The van der Waals surface area contributed by atoms with E-state index in [1.54, 1.807) is 0 Å². The van der Waals surface area contributed by atoms with Crippen LogP contribution in [0.3, 0.4) is 0 Å². The second-order valence-corrected chi connectivity index (χ2v) is 12.2. The summed E-state index contributed by atoms with van der Waals surface area (Å²) >= 11 is 0. The van der Waals surface area contributed by atoms with Crippen molar-refractivity contribution < 1.29 is 9.53 Å². The van der Waals surface area contributed by atoms with E-state index in [0.29, 0.717) is 23.5 Å². The Bertz CT molecular complexity index is 221. The van der Waals surface area contributed by atoms with Gasteiger partial charge in [-0.05, 0) is 42.8 Å². The third kappa shape index (κ3) is 6.91. The molecule has 0 bridgehead atoms. The van der Waals surface area contributed by atoms with Gasteiger partial charge in [0.1, 0.15) is 0 Å². The van der Waals surface area contributed by atoms with E-state index < -0.39 is 8.32 Å². The Kier molecular flexibility index (Phi) is 7.72. The first-order valence-electron chi connectivity index (χ1n) is 7.35. The Balaban J connectivity index is 3.87. The average Bonchev–Trinajstić information content (AvgIpc) is 2.24. The summed E-state index contributed by atoms with van der Waals surface area (Å²) in [6, 6.07) is 0. The monoisotopic (exact) mass is 274 g/mol. The molecule has 1 N–H and O–H groups in total. The molecule has 0 fully saturated rings. The lowest BCUT2D eigenvalue weighted by molar-refractivity contribution is 0.210. The van der Waals surface area contributed by atoms with Crippen molar-refractivity contribution in [2.24, 2.45) is 11.8 Å². The van der Waals surface area contributed by atoms with E-state index in [1.807, 2.05) is 0 Å². The van der Waals surface area contributed by atoms with Crippen LogP contribution in [0.1, 0.15) is 53.9 Å². The van der Waals surface area contributed by atoms with Crippen molar-refractivity contribution in [3.63, 3.8) is 0 Å². The van der Waals surface area contributed by atoms with E-state index in [9.17, 15) is 0 Å². The fraction of sp³-hybridized carbons (Fsp3) is 1.00. The average molecular weight is 275 g/mol. The zero-order chi connectivity index (χ0) is 14.4. The predicted octanol–water partition coefficient (Wildman–Crippen LogP) is 4.44. The number of hydrogen-bond acceptors (Lipinski definition) is 2. The van der Waals surface area contributed by atoms with Gasteiger partial charge >= 0.3 is 0 Å². The molecule has 0 saturated heterocycles. The Hall–Kier alpha value is 0.137. The number of rotatable bonds is 8. The molecule has 0 saturated carbocycles. The molecule has 18 heavy (non-hydrogen) atoms. The fourth-order valence-electron chi connectivity index (χ4n) is 1.56. The van der Waals surface area contributed by atoms with Gasteiger partial charge in [0.15, 0.2) is 8.32 Å². The van der Waals surface area contributed by atoms with Crippen LogP contribution in [-0.2, 0) is 4.43 Å². The van der Waals surface area contributed by atoms with Crippen molar-refractivity contribution in [3.8, 4) is 0 Å². The minimum Gasteiger partial charge on any atom is -0.417 e. The zero-order valence-corrected chi connectivity index (χ0v) is 14.5. The quantitative estimate of drug-likeness (QED) is 0.663. The highest BCUT2D eigenvalue weighted by atomic mass is 28.4. The maximum atomic E-state index is 8.98. The summed E-state index contributed by atoms with van der Waals surface area (Å²) in [6.45, 7) is 17.1. The van der Waals surface area contributed by atoms with Gasteiger partial charge in [-0.3, -0.25) is 0 Å². The molecular formula is C15H34O2Si. The second-order valence-electron chi connectivity index (χ2n) is 7.40. The van der Waals surface area contributed by atoms with Gasteiger partial charge in [-0.25, -0.2) is 0 Å². The van der Waals surface area contributed by atoms with E-state index in [-0.39, 0.29) is 0 Å². The molecule has 0 aliphatic rings. The zero-order valence-electron chi connectivity index (χ0n) is 13.5. The summed E-state index contributed by atoms with van der Waals surface area (Å²) in [6.07, 6.45) is 3.53. The van der Waals surface area contributed by atoms with E-state index in [4.69, 9.17) is 9.53 Å². The summed E-state index contributed by atoms with van der Waals surface area (Å²) < 4.78 is 6.23. The van der Waals surface area contributed by atoms with Gasteiger partial charge in [0.2, 0.25) is 0 Å². The van der Waals surface area contributed by atoms with Crippen molar-refractivity contribution >= 4 is 8.32 Å². The van der Waals surface area contributed by atoms with E-state index in [1.165, 1.54) is 12.8 Å². The van der Waals surface area contributed by atoms with Crippen LogP contribution in [0.2, 0.25) is 18.1 Å². The van der Waals surface area contributed by atoms with Crippen LogP contribution in [0.4, 0.5) is 0 Å². The summed E-state index contributed by atoms with van der Waals surface area (Å²) in [5.41, 5.74) is 0. The number of hydrogen-bond donors (Lipinski definition) is 1. The van der Waals surface area contributed by atoms with Crippen LogP contribution in [0.15, 0.2) is 0 Å². The molecule has 0 spiro atoms. The first-order valence-corrected chi connectivity index (χ1v) is 10.3. The van der Waals surface area contributed by atoms with Crippen LogP contribution in [0, 0.1) is 11.8 Å². The van der Waals surface area contributed by atoms with Crippen molar-refractivity contribution in [3.05, 3.63) is 0 Å². The minimum absolute atomic E-state index is 0.304. The molecule has 0 rings (SSSR count). The molecule has 2 atom stereocenters. The lowest BCUT2D eigenvalue weighted by atomic mass is 10.00. The highest BCUT2D eigenvalue weighted by molar-refractivity contribution is 6.74. The SMILES string of the molecule is C[C@H](CO)CCC[C@@H](C)CO[Si](C)(C)C(C)(C)C. The first kappa shape index (κ1) is 18.1. The van der Waals surface area contributed by atoms with Crippen LogP contribution in [-0.4, -0.2) is 26.6 Å². The fourth-order valence-corrected chi connectivity index (χ4v) is 2.69. The summed E-state index contributed by atoms with van der Waals surface area (Å²) in [5.74, 6) is 1.07. The summed E-state index contributed by atoms with van der Waals surface area (Å²) in [5, 5.41) is 9.28. The standard InChI is InChI=1S/C15H34O2Si/c1-13(11-16)9-8-10-14(2)12-17-18(6,7)15(3,4)5/h13-14,16H,8-12H2,1-7H3/t13-,14+/m0/s1. The Labute approximate surface area is 115 Å². The topological polar surface area (TPSA) is 29.5 Å². The van der Waals surface area contributed by atoms with Crippen LogP contribution in [0.25, 0.3) is 0 Å². The number of aliphatic hydroxyl groups excluding tert-OH is 1. The minimum atomic E-state index is -1.58. The molecule has 0 aromatic heterocycles. The van der Waals surface area contributed by atoms with Crippen LogP contribution >= 0.6 is 0 Å². The predicted molar refractivity (Wildman–Crippen MR) is 82.4 cm³/mol. The Morgan fingerprint density at radius 1 is 1.06 bits per heavy atom. The number of aliphatic hydroxyl groups is 1. The Morgan fingerprint density at radius 2 is 1.56 bits per heavy atom. The van der Waals surface area contributed by atoms with Gasteiger partial charge in [-0.1, -0.05) is 41.0 Å². The highest BCUT2D eigenvalue weighted by Gasteiger charge is 2.37. The van der Waals surface area contributed by atoms with E-state index in [2.05, 4.69) is 47.7 Å². The molecule has 0 heterocycles. The van der Waals surface area contributed by atoms with Gasteiger partial charge in [0.25, 0.3) is 0 Å². The molecular weight excluding hydrogens is 240 g/mol. The molecule has 0 unspecified atom stereocenters. The van der Waals surface area contributed by atoms with Crippen LogP contribution in [0.5, 0.6) is 0 Å². The smallest absolute Gasteiger partial charge is 0.191 e. The molecule has 110 valence electrons. The van der Waals surface area contributed by atoms with Gasteiger partial charge in [0.05, 0.1) is 0 Å². The molecule has 0 aromatic rings. The lowest BCUT2D eigenvalue weighted by Gasteiger charge is -2.37. The molecule has 0 amide bonds. The van der Waals surface area contributed by atoms with Crippen molar-refractivity contribution in [2.75, 3.05) is 13.2 Å². The third-order valence-electron chi connectivity index (χ3n) is 4.24. The van der Waals surface area contributed by atoms with Gasteiger partial charge in [-0.15, -0.1) is 0 Å². The summed E-state index contributed by atoms with van der Waals surface area (Å²) in [4.78, 5) is 0. The molecule has 3 heteroatoms. The Morgan fingerprint density at radius 3 is 2.00 bits per heavy atom. The van der Waals surface area contributed by atoms with Crippen molar-refractivity contribution in [1.29, 1.82) is 0 Å². The normalized spacial score (nSPS) is 16.7. The van der Waals surface area contributed by atoms with Crippen molar-refractivity contribution in [1.82, 2.24) is 0 Å². The second kappa shape index (κ2) is 7.66. The highest BCUT2D eigenvalue weighted by Crippen LogP contribution is 2.36. The van der Waals surface area contributed by atoms with E-state index in [0.717, 1.165) is 13.0 Å². The van der Waals surface area contributed by atoms with Crippen LogP contribution < -0.4 is 0 Å². The lowest BCUT2D eigenvalue weighted by Crippen LogP contribution is -2.41. The van der Waals surface area contributed by atoms with Crippen molar-refractivity contribution in [2.45, 2.75) is 72.0 Å². The largest absolute Gasteiger partial charge is 0.417 e. The van der Waals surface area contributed by atoms with E-state index >= 15 is 0 Å². The molecule has 0 aliphatic carbocycles.